The van der Waals surface area contributed by atoms with Gasteiger partial charge in [0.1, 0.15) is 0 Å². The Morgan fingerprint density at radius 1 is 1.53 bits per heavy atom. The molecule has 0 bridgehead atoms. The maximum absolute atomic E-state index is 6.05. The van der Waals surface area contributed by atoms with Crippen LogP contribution < -0.4 is 5.73 Å². The second-order valence-corrected chi connectivity index (χ2v) is 4.24. The van der Waals surface area contributed by atoms with Crippen molar-refractivity contribution in [3.8, 4) is 0 Å². The van der Waals surface area contributed by atoms with E-state index in [0.29, 0.717) is 18.3 Å². The van der Waals surface area contributed by atoms with E-state index in [2.05, 4.69) is 17.1 Å². The third-order valence-corrected chi connectivity index (χ3v) is 2.69. The van der Waals surface area contributed by atoms with Crippen LogP contribution in [0.15, 0.2) is 23.0 Å². The van der Waals surface area contributed by atoms with Gasteiger partial charge in [-0.25, -0.2) is 0 Å². The average Bonchev–Trinajstić information content (AvgIpc) is 2.89. The summed E-state index contributed by atoms with van der Waals surface area (Å²) < 4.78 is 6.95. The summed E-state index contributed by atoms with van der Waals surface area (Å²) in [6.07, 6.45) is 6.14. The molecule has 0 saturated heterocycles. The normalized spacial score (nSPS) is 12.9. The van der Waals surface area contributed by atoms with Crippen LogP contribution in [-0.4, -0.2) is 14.7 Å². The van der Waals surface area contributed by atoms with Crippen molar-refractivity contribution in [1.29, 1.82) is 0 Å². The number of hydrogen-bond acceptors (Lipinski definition) is 4. The van der Waals surface area contributed by atoms with E-state index >= 15 is 0 Å². The van der Waals surface area contributed by atoms with Gasteiger partial charge in [0.05, 0.1) is 6.54 Å². The van der Waals surface area contributed by atoms with E-state index in [0.717, 1.165) is 18.4 Å². The maximum Gasteiger partial charge on any atom is 0.223 e. The highest BCUT2D eigenvalue weighted by atomic mass is 16.5. The van der Waals surface area contributed by atoms with E-state index in [9.17, 15) is 0 Å². The van der Waals surface area contributed by atoms with Gasteiger partial charge in [0.15, 0.2) is 5.82 Å². The van der Waals surface area contributed by atoms with Gasteiger partial charge in [-0.15, -0.1) is 0 Å². The van der Waals surface area contributed by atoms with Crippen molar-refractivity contribution in [1.82, 2.24) is 14.7 Å². The zero-order valence-corrected chi connectivity index (χ0v) is 10.3. The molecule has 2 heterocycles. The molecule has 2 aromatic rings. The van der Waals surface area contributed by atoms with Crippen LogP contribution in [0.3, 0.4) is 0 Å². The van der Waals surface area contributed by atoms with E-state index in [1.54, 1.807) is 6.92 Å². The smallest absolute Gasteiger partial charge is 0.223 e. The van der Waals surface area contributed by atoms with E-state index < -0.39 is 0 Å². The number of aromatic nitrogens is 3. The molecule has 2 N–H and O–H groups in total. The fourth-order valence-corrected chi connectivity index (χ4v) is 1.82. The molecule has 0 radical (unpaired) electrons. The molecule has 1 atom stereocenters. The highest BCUT2D eigenvalue weighted by Gasteiger charge is 2.08. The second kappa shape index (κ2) is 5.14. The molecule has 17 heavy (non-hydrogen) atoms. The first kappa shape index (κ1) is 11.9. The molecule has 5 nitrogen and oxygen atoms in total. The van der Waals surface area contributed by atoms with Crippen LogP contribution in [0.2, 0.25) is 0 Å². The zero-order valence-electron chi connectivity index (χ0n) is 10.3. The predicted molar refractivity (Wildman–Crippen MR) is 64.4 cm³/mol. The van der Waals surface area contributed by atoms with Crippen LogP contribution in [-0.2, 0) is 6.54 Å². The topological polar surface area (TPSA) is 69.9 Å². The minimum Gasteiger partial charge on any atom is -0.346 e. The summed E-state index contributed by atoms with van der Waals surface area (Å²) >= 11 is 0. The minimum absolute atomic E-state index is 0.119. The summed E-state index contributed by atoms with van der Waals surface area (Å²) in [5.41, 5.74) is 7.21. The molecule has 0 aliphatic heterocycles. The Balaban J connectivity index is 2.03. The van der Waals surface area contributed by atoms with Gasteiger partial charge in [-0.1, -0.05) is 18.5 Å². The molecule has 2 aromatic heterocycles. The lowest BCUT2D eigenvalue weighted by molar-refractivity contribution is 0.386. The van der Waals surface area contributed by atoms with E-state index in [1.807, 2.05) is 23.0 Å². The van der Waals surface area contributed by atoms with Gasteiger partial charge in [-0.05, 0) is 18.1 Å². The monoisotopic (exact) mass is 234 g/mol. The quantitative estimate of drug-likeness (QED) is 0.859. The van der Waals surface area contributed by atoms with Gasteiger partial charge >= 0.3 is 0 Å². The Morgan fingerprint density at radius 3 is 3.00 bits per heavy atom. The highest BCUT2D eigenvalue weighted by Crippen LogP contribution is 2.16. The first-order valence-electron chi connectivity index (χ1n) is 5.89. The lowest BCUT2D eigenvalue weighted by atomic mass is 10.1. The second-order valence-electron chi connectivity index (χ2n) is 4.24. The Kier molecular flexibility index (Phi) is 3.58. The Labute approximate surface area is 101 Å². The molecule has 2 rings (SSSR count). The van der Waals surface area contributed by atoms with E-state index in [1.165, 1.54) is 0 Å². The summed E-state index contributed by atoms with van der Waals surface area (Å²) in [6, 6.07) is 2.17. The molecule has 0 fully saturated rings. The molecule has 92 valence electrons. The molecule has 1 unspecified atom stereocenters. The Morgan fingerprint density at radius 2 is 2.35 bits per heavy atom. The van der Waals surface area contributed by atoms with Crippen LogP contribution in [0.5, 0.6) is 0 Å². The fraction of sp³-hybridized carbons (Fsp3) is 0.500. The maximum atomic E-state index is 6.05. The molecular formula is C12H18N4O. The standard InChI is InChI=1S/C12H18N4O/c1-3-4-11(13)10-5-6-16(7-10)8-12-14-9(2)17-15-12/h5-7,11H,3-4,8,13H2,1-2H3. The minimum atomic E-state index is 0.119. The van der Waals surface area contributed by atoms with Gasteiger partial charge in [-0.2, -0.15) is 4.98 Å². The fourth-order valence-electron chi connectivity index (χ4n) is 1.82. The Bertz CT molecular complexity index is 474. The van der Waals surface area contributed by atoms with Crippen LogP contribution in [0, 0.1) is 6.92 Å². The molecular weight excluding hydrogens is 216 g/mol. The first-order valence-corrected chi connectivity index (χ1v) is 5.89. The van der Waals surface area contributed by atoms with Crippen molar-refractivity contribution in [3.63, 3.8) is 0 Å². The molecule has 0 saturated carbocycles. The van der Waals surface area contributed by atoms with Crippen molar-refractivity contribution in [3.05, 3.63) is 35.7 Å². The van der Waals surface area contributed by atoms with Crippen molar-refractivity contribution in [2.75, 3.05) is 0 Å². The number of hydrogen-bond donors (Lipinski definition) is 1. The van der Waals surface area contributed by atoms with Crippen LogP contribution in [0.25, 0.3) is 0 Å². The third kappa shape index (κ3) is 2.94. The van der Waals surface area contributed by atoms with Crippen molar-refractivity contribution < 1.29 is 4.52 Å². The predicted octanol–water partition coefficient (Wildman–Crippen LogP) is 2.03. The van der Waals surface area contributed by atoms with Crippen LogP contribution in [0.4, 0.5) is 0 Å². The van der Waals surface area contributed by atoms with Gasteiger partial charge in [0, 0.05) is 25.4 Å². The average molecular weight is 234 g/mol. The summed E-state index contributed by atoms with van der Waals surface area (Å²) in [7, 11) is 0. The molecule has 0 amide bonds. The van der Waals surface area contributed by atoms with E-state index in [-0.39, 0.29) is 6.04 Å². The molecule has 0 aromatic carbocycles. The lowest BCUT2D eigenvalue weighted by Gasteiger charge is -2.07. The highest BCUT2D eigenvalue weighted by molar-refractivity contribution is 5.15. The third-order valence-electron chi connectivity index (χ3n) is 2.69. The van der Waals surface area contributed by atoms with Gasteiger partial charge < -0.3 is 14.8 Å². The van der Waals surface area contributed by atoms with Crippen molar-refractivity contribution >= 4 is 0 Å². The van der Waals surface area contributed by atoms with Gasteiger partial charge in [0.2, 0.25) is 5.89 Å². The van der Waals surface area contributed by atoms with E-state index in [4.69, 9.17) is 10.3 Å². The first-order chi connectivity index (χ1) is 8.19. The number of rotatable bonds is 5. The van der Waals surface area contributed by atoms with Crippen molar-refractivity contribution in [2.24, 2.45) is 5.73 Å². The largest absolute Gasteiger partial charge is 0.346 e. The zero-order chi connectivity index (χ0) is 12.3. The summed E-state index contributed by atoms with van der Waals surface area (Å²) in [4.78, 5) is 4.17. The Hall–Kier alpha value is -1.62. The molecule has 5 heteroatoms. The SMILES string of the molecule is CCCC(N)c1ccn(Cc2noc(C)n2)c1. The van der Waals surface area contributed by atoms with Gasteiger partial charge in [-0.3, -0.25) is 0 Å². The number of aryl methyl sites for hydroxylation is 1. The lowest BCUT2D eigenvalue weighted by Crippen LogP contribution is -2.08. The summed E-state index contributed by atoms with van der Waals surface area (Å²) in [5.74, 6) is 1.28. The van der Waals surface area contributed by atoms with Gasteiger partial charge in [0.25, 0.3) is 0 Å². The molecule has 0 aliphatic carbocycles. The van der Waals surface area contributed by atoms with Crippen molar-refractivity contribution in [2.45, 2.75) is 39.3 Å². The van der Waals surface area contributed by atoms with Crippen LogP contribution in [0.1, 0.15) is 43.1 Å². The number of nitrogens with two attached hydrogens (primary N) is 1. The molecule has 0 aliphatic rings. The number of nitrogens with zero attached hydrogens (tertiary/aromatic N) is 3. The summed E-state index contributed by atoms with van der Waals surface area (Å²) in [5, 5.41) is 3.86. The van der Waals surface area contributed by atoms with Crippen LogP contribution >= 0.6 is 0 Å². The summed E-state index contributed by atoms with van der Waals surface area (Å²) in [6.45, 7) is 4.55. The molecule has 0 spiro atoms.